The summed E-state index contributed by atoms with van der Waals surface area (Å²) < 4.78 is 2.06. The Morgan fingerprint density at radius 3 is 2.52 bits per heavy atom. The minimum absolute atomic E-state index is 0.250. The third-order valence-corrected chi connectivity index (χ3v) is 4.52. The molecule has 3 aromatic rings. The molecule has 23 heavy (non-hydrogen) atoms. The summed E-state index contributed by atoms with van der Waals surface area (Å²) in [7, 11) is 0. The normalized spacial score (nSPS) is 16.7. The second-order valence-electron chi connectivity index (χ2n) is 6.28. The van der Waals surface area contributed by atoms with Gasteiger partial charge in [-0.2, -0.15) is 0 Å². The van der Waals surface area contributed by atoms with E-state index in [9.17, 15) is 0 Å². The van der Waals surface area contributed by atoms with Crippen molar-refractivity contribution in [2.24, 2.45) is 0 Å². The fraction of sp³-hybridized carbons (Fsp3) is 0.263. The van der Waals surface area contributed by atoms with Crippen LogP contribution in [0, 0.1) is 13.8 Å². The lowest BCUT2D eigenvalue weighted by Crippen LogP contribution is -2.24. The van der Waals surface area contributed by atoms with Gasteiger partial charge in [0.2, 0.25) is 0 Å². The molecule has 1 aliphatic rings. The van der Waals surface area contributed by atoms with Crippen LogP contribution in [0.2, 0.25) is 0 Å². The van der Waals surface area contributed by atoms with Crippen LogP contribution in [-0.2, 0) is 0 Å². The summed E-state index contributed by atoms with van der Waals surface area (Å²) in [4.78, 5) is 2.38. The van der Waals surface area contributed by atoms with Crippen molar-refractivity contribution in [1.29, 1.82) is 0 Å². The van der Waals surface area contributed by atoms with Crippen LogP contribution < -0.4 is 4.90 Å². The van der Waals surface area contributed by atoms with Crippen molar-refractivity contribution in [2.75, 3.05) is 11.4 Å². The number of aromatic nitrogens is 3. The van der Waals surface area contributed by atoms with Crippen molar-refractivity contribution in [2.45, 2.75) is 26.8 Å². The minimum Gasteiger partial charge on any atom is -0.339 e. The van der Waals surface area contributed by atoms with E-state index in [1.807, 2.05) is 6.92 Å². The van der Waals surface area contributed by atoms with Crippen molar-refractivity contribution in [3.63, 3.8) is 0 Å². The van der Waals surface area contributed by atoms with Crippen molar-refractivity contribution >= 4 is 11.4 Å². The quantitative estimate of drug-likeness (QED) is 0.673. The number of para-hydroxylation sites is 1. The van der Waals surface area contributed by atoms with Crippen LogP contribution >= 0.6 is 0 Å². The molecule has 1 aromatic heterocycles. The van der Waals surface area contributed by atoms with Gasteiger partial charge in [-0.25, -0.2) is 4.68 Å². The first kappa shape index (κ1) is 14.0. The van der Waals surface area contributed by atoms with E-state index in [4.69, 9.17) is 0 Å². The highest BCUT2D eigenvalue weighted by Gasteiger charge is 2.27. The van der Waals surface area contributed by atoms with Gasteiger partial charge in [-0.3, -0.25) is 0 Å². The Labute approximate surface area is 136 Å². The molecule has 0 saturated heterocycles. The zero-order chi connectivity index (χ0) is 16.0. The van der Waals surface area contributed by atoms with Crippen LogP contribution in [0.3, 0.4) is 0 Å². The Morgan fingerprint density at radius 1 is 1.00 bits per heavy atom. The zero-order valence-corrected chi connectivity index (χ0v) is 13.7. The maximum absolute atomic E-state index is 4.38. The second kappa shape index (κ2) is 5.23. The van der Waals surface area contributed by atoms with Crippen LogP contribution in [0.5, 0.6) is 0 Å². The fourth-order valence-electron chi connectivity index (χ4n) is 3.32. The van der Waals surface area contributed by atoms with E-state index < -0.39 is 0 Å². The van der Waals surface area contributed by atoms with Gasteiger partial charge in [0.1, 0.15) is 0 Å². The first-order chi connectivity index (χ1) is 11.1. The summed E-state index contributed by atoms with van der Waals surface area (Å²) in [5, 5.41) is 8.67. The molecule has 116 valence electrons. The number of hydrogen-bond donors (Lipinski definition) is 0. The lowest BCUT2D eigenvalue weighted by atomic mass is 10.1. The molecule has 4 heteroatoms. The third kappa shape index (κ3) is 2.22. The molecule has 0 bridgehead atoms. The van der Waals surface area contributed by atoms with E-state index in [2.05, 4.69) is 82.3 Å². The van der Waals surface area contributed by atoms with Gasteiger partial charge < -0.3 is 4.90 Å². The topological polar surface area (TPSA) is 34.0 Å². The lowest BCUT2D eigenvalue weighted by molar-refractivity contribution is 0.492. The summed E-state index contributed by atoms with van der Waals surface area (Å²) in [5.41, 5.74) is 7.01. The molecule has 0 radical (unpaired) electrons. The Hall–Kier alpha value is -2.62. The van der Waals surface area contributed by atoms with E-state index in [1.54, 1.807) is 0 Å². The van der Waals surface area contributed by atoms with E-state index >= 15 is 0 Å². The molecule has 0 aliphatic carbocycles. The van der Waals surface area contributed by atoms with Crippen LogP contribution in [0.15, 0.2) is 48.5 Å². The second-order valence-corrected chi connectivity index (χ2v) is 6.28. The Bertz CT molecular complexity index is 848. The number of rotatable bonds is 1. The van der Waals surface area contributed by atoms with Gasteiger partial charge in [-0.05, 0) is 39.0 Å². The molecule has 0 N–H and O–H groups in total. The van der Waals surface area contributed by atoms with Crippen molar-refractivity contribution < 1.29 is 0 Å². The van der Waals surface area contributed by atoms with Gasteiger partial charge in [-0.1, -0.05) is 41.1 Å². The van der Waals surface area contributed by atoms with E-state index in [0.717, 1.165) is 17.9 Å². The first-order valence-electron chi connectivity index (χ1n) is 8.00. The highest BCUT2D eigenvalue weighted by atomic mass is 15.5. The molecule has 0 fully saturated rings. The molecule has 2 heterocycles. The molecule has 0 saturated carbocycles. The highest BCUT2D eigenvalue weighted by Crippen LogP contribution is 2.40. The number of anilines is 2. The average Bonchev–Trinajstić information content (AvgIpc) is 2.89. The van der Waals surface area contributed by atoms with Crippen molar-refractivity contribution in [1.82, 2.24) is 15.0 Å². The first-order valence-corrected chi connectivity index (χ1v) is 8.00. The Balaban J connectivity index is 1.93. The van der Waals surface area contributed by atoms with E-state index in [0.29, 0.717) is 0 Å². The van der Waals surface area contributed by atoms with Gasteiger partial charge in [0, 0.05) is 17.8 Å². The summed E-state index contributed by atoms with van der Waals surface area (Å²) in [6.45, 7) is 7.22. The molecule has 1 atom stereocenters. The smallest absolute Gasteiger partial charge is 0.0939 e. The predicted molar refractivity (Wildman–Crippen MR) is 93.1 cm³/mol. The summed E-state index contributed by atoms with van der Waals surface area (Å²) in [5.74, 6) is 0. The van der Waals surface area contributed by atoms with Crippen LogP contribution in [0.1, 0.15) is 24.2 Å². The third-order valence-electron chi connectivity index (χ3n) is 4.52. The molecule has 4 nitrogen and oxygen atoms in total. The fourth-order valence-corrected chi connectivity index (χ4v) is 3.32. The van der Waals surface area contributed by atoms with E-state index in [1.165, 1.54) is 22.5 Å². The average molecular weight is 304 g/mol. The predicted octanol–water partition coefficient (Wildman–Crippen LogP) is 4.27. The number of hydrogen-bond acceptors (Lipinski definition) is 3. The zero-order valence-electron chi connectivity index (χ0n) is 13.7. The summed E-state index contributed by atoms with van der Waals surface area (Å²) in [6.07, 6.45) is 0. The van der Waals surface area contributed by atoms with Crippen LogP contribution in [0.4, 0.5) is 11.4 Å². The van der Waals surface area contributed by atoms with Gasteiger partial charge in [-0.15, -0.1) is 5.10 Å². The minimum atomic E-state index is 0.250. The molecule has 1 aliphatic heterocycles. The van der Waals surface area contributed by atoms with Crippen LogP contribution in [0.25, 0.3) is 11.3 Å². The van der Waals surface area contributed by atoms with Crippen molar-refractivity contribution in [3.8, 4) is 11.3 Å². The Morgan fingerprint density at radius 2 is 1.74 bits per heavy atom. The number of fused-ring (bicyclic) bond motifs is 3. The molecule has 4 rings (SSSR count). The largest absolute Gasteiger partial charge is 0.339 e. The summed E-state index contributed by atoms with van der Waals surface area (Å²) >= 11 is 0. The molecular weight excluding hydrogens is 284 g/mol. The number of aryl methyl sites for hydroxylation is 2. The molecular formula is C19H20N4. The SMILES string of the molecule is Cc1ccc(N2C[C@H](C)n3nnc(C)c3-c3ccccc32)cc1. The maximum atomic E-state index is 4.38. The van der Waals surface area contributed by atoms with Gasteiger partial charge in [0.25, 0.3) is 0 Å². The van der Waals surface area contributed by atoms with Crippen molar-refractivity contribution in [3.05, 3.63) is 59.8 Å². The van der Waals surface area contributed by atoms with Gasteiger partial charge >= 0.3 is 0 Å². The standard InChI is InChI=1S/C19H20N4/c1-13-8-10-16(11-9-13)22-12-14(2)23-19(15(3)20-21-23)17-6-4-5-7-18(17)22/h4-11,14H,12H2,1-3H3/t14-/m0/s1. The maximum Gasteiger partial charge on any atom is 0.0939 e. The van der Waals surface area contributed by atoms with Gasteiger partial charge in [0.15, 0.2) is 0 Å². The molecule has 0 amide bonds. The lowest BCUT2D eigenvalue weighted by Gasteiger charge is -2.26. The molecule has 0 spiro atoms. The molecule has 0 unspecified atom stereocenters. The Kier molecular flexibility index (Phi) is 3.18. The monoisotopic (exact) mass is 304 g/mol. The van der Waals surface area contributed by atoms with Crippen LogP contribution in [-0.4, -0.2) is 21.5 Å². The molecule has 2 aromatic carbocycles. The highest BCUT2D eigenvalue weighted by molar-refractivity contribution is 5.82. The number of benzene rings is 2. The summed E-state index contributed by atoms with van der Waals surface area (Å²) in [6, 6.07) is 17.5. The van der Waals surface area contributed by atoms with E-state index in [-0.39, 0.29) is 6.04 Å². The number of nitrogens with zero attached hydrogens (tertiary/aromatic N) is 4. The van der Waals surface area contributed by atoms with Gasteiger partial charge in [0.05, 0.1) is 23.1 Å².